The minimum Gasteiger partial charge on any atom is -0.444 e. The highest BCUT2D eigenvalue weighted by molar-refractivity contribution is 7.85. The summed E-state index contributed by atoms with van der Waals surface area (Å²) in [7, 11) is -1.26. The number of anilines is 2. The van der Waals surface area contributed by atoms with Gasteiger partial charge in [-0.15, -0.1) is 11.3 Å². The lowest BCUT2D eigenvalue weighted by molar-refractivity contribution is 0.0218. The molecule has 7 nitrogen and oxygen atoms in total. The van der Waals surface area contributed by atoms with Crippen LogP contribution in [0.3, 0.4) is 0 Å². The summed E-state index contributed by atoms with van der Waals surface area (Å²) in [6.45, 7) is 11.2. The van der Waals surface area contributed by atoms with E-state index in [0.717, 1.165) is 30.1 Å². The number of nitrogens with one attached hydrogen (secondary N) is 1. The van der Waals surface area contributed by atoms with Gasteiger partial charge in [0.2, 0.25) is 0 Å². The third kappa shape index (κ3) is 6.29. The Morgan fingerprint density at radius 2 is 1.97 bits per heavy atom. The lowest BCUT2D eigenvalue weighted by Gasteiger charge is -2.33. The Morgan fingerprint density at radius 1 is 1.26 bits per heavy atom. The largest absolute Gasteiger partial charge is 0.444 e. The third-order valence-electron chi connectivity index (χ3n) is 6.09. The molecule has 34 heavy (non-hydrogen) atoms. The number of rotatable bonds is 4. The van der Waals surface area contributed by atoms with E-state index in [-0.39, 0.29) is 11.3 Å². The monoisotopic (exact) mass is 524 g/mol. The van der Waals surface area contributed by atoms with Gasteiger partial charge in [0.25, 0.3) is 0 Å². The maximum Gasteiger partial charge on any atom is 0.410 e. The van der Waals surface area contributed by atoms with E-state index in [9.17, 15) is 9.00 Å². The Bertz CT molecular complexity index is 1090. The van der Waals surface area contributed by atoms with Gasteiger partial charge in [-0.1, -0.05) is 25.4 Å². The van der Waals surface area contributed by atoms with E-state index < -0.39 is 16.4 Å². The van der Waals surface area contributed by atoms with Crippen LogP contribution >= 0.6 is 22.9 Å². The number of pyridine rings is 1. The normalized spacial score (nSPS) is 19.4. The van der Waals surface area contributed by atoms with Crippen LogP contribution in [0.1, 0.15) is 64.5 Å². The van der Waals surface area contributed by atoms with Crippen molar-refractivity contribution in [3.05, 3.63) is 27.9 Å². The van der Waals surface area contributed by atoms with Gasteiger partial charge in [0.05, 0.1) is 16.5 Å². The number of aryl methyl sites for hydroxylation is 1. The molecule has 3 heterocycles. The molecule has 4 rings (SSSR count). The fraction of sp³-hybridized carbons (Fsp3) is 0.625. The Labute approximate surface area is 213 Å². The molecule has 1 fully saturated rings. The molecule has 1 N–H and O–H groups in total. The van der Waals surface area contributed by atoms with Crippen LogP contribution in [-0.4, -0.2) is 49.1 Å². The van der Waals surface area contributed by atoms with Crippen LogP contribution in [0, 0.1) is 5.41 Å². The summed E-state index contributed by atoms with van der Waals surface area (Å²) in [4.78, 5) is 25.1. The molecule has 1 unspecified atom stereocenters. The topological polar surface area (TPSA) is 84.4 Å². The molecule has 2 aliphatic rings. The summed E-state index contributed by atoms with van der Waals surface area (Å²) >= 11 is 7.95. The van der Waals surface area contributed by atoms with Crippen LogP contribution in [-0.2, 0) is 28.4 Å². The summed E-state index contributed by atoms with van der Waals surface area (Å²) in [6.07, 6.45) is 4.12. The van der Waals surface area contributed by atoms with Crippen molar-refractivity contribution in [3.8, 4) is 0 Å². The van der Waals surface area contributed by atoms with Crippen LogP contribution in [0.2, 0.25) is 5.15 Å². The second kappa shape index (κ2) is 9.74. The lowest BCUT2D eigenvalue weighted by Crippen LogP contribution is -2.43. The first kappa shape index (κ1) is 25.4. The number of thiazole rings is 1. The summed E-state index contributed by atoms with van der Waals surface area (Å²) < 4.78 is 18.8. The fourth-order valence-corrected chi connectivity index (χ4v) is 7.31. The number of likely N-dealkylation sites (tertiary alicyclic amines) is 1. The summed E-state index contributed by atoms with van der Waals surface area (Å²) in [5, 5.41) is 4.31. The zero-order chi connectivity index (χ0) is 24.7. The van der Waals surface area contributed by atoms with Crippen molar-refractivity contribution in [1.82, 2.24) is 14.9 Å². The molecular formula is C24H33ClN4O3S2. The van der Waals surface area contributed by atoms with E-state index in [1.54, 1.807) is 28.4 Å². The molecule has 1 saturated heterocycles. The van der Waals surface area contributed by atoms with Crippen molar-refractivity contribution < 1.29 is 13.7 Å². The van der Waals surface area contributed by atoms with Gasteiger partial charge >= 0.3 is 6.09 Å². The predicted octanol–water partition coefficient (Wildman–Crippen LogP) is 5.96. The van der Waals surface area contributed by atoms with Crippen molar-refractivity contribution in [2.75, 3.05) is 18.4 Å². The number of hydrogen-bond acceptors (Lipinski definition) is 7. The zero-order valence-electron chi connectivity index (χ0n) is 20.4. The molecule has 0 saturated carbocycles. The van der Waals surface area contributed by atoms with Crippen molar-refractivity contribution in [1.29, 1.82) is 0 Å². The highest BCUT2D eigenvalue weighted by Crippen LogP contribution is 2.39. The number of carbonyl (C=O) groups excluding carboxylic acids is 1. The molecule has 0 radical (unpaired) electrons. The first-order valence-electron chi connectivity index (χ1n) is 11.7. The number of piperidine rings is 1. The average molecular weight is 525 g/mol. The number of aromatic nitrogens is 2. The van der Waals surface area contributed by atoms with E-state index in [0.29, 0.717) is 47.2 Å². The van der Waals surface area contributed by atoms with Crippen molar-refractivity contribution in [2.24, 2.45) is 5.41 Å². The molecule has 1 aliphatic heterocycles. The molecule has 1 amide bonds. The van der Waals surface area contributed by atoms with Gasteiger partial charge in [-0.05, 0) is 70.4 Å². The van der Waals surface area contributed by atoms with Crippen molar-refractivity contribution in [3.63, 3.8) is 0 Å². The van der Waals surface area contributed by atoms with Crippen molar-refractivity contribution >= 4 is 50.8 Å². The number of carbonyl (C=O) groups is 1. The van der Waals surface area contributed by atoms with Gasteiger partial charge < -0.3 is 15.0 Å². The van der Waals surface area contributed by atoms with Gasteiger partial charge in [0.15, 0.2) is 5.13 Å². The predicted molar refractivity (Wildman–Crippen MR) is 138 cm³/mol. The maximum absolute atomic E-state index is 13.3. The van der Waals surface area contributed by atoms with Crippen LogP contribution < -0.4 is 5.32 Å². The first-order chi connectivity index (χ1) is 15.9. The molecule has 2 aromatic heterocycles. The summed E-state index contributed by atoms with van der Waals surface area (Å²) in [5.41, 5.74) is 0.934. The average Bonchev–Trinajstić information content (AvgIpc) is 3.11. The molecule has 186 valence electrons. The Morgan fingerprint density at radius 3 is 2.65 bits per heavy atom. The number of fused-ring (bicyclic) bond motifs is 1. The molecule has 0 aromatic carbocycles. The van der Waals surface area contributed by atoms with Gasteiger partial charge in [0.1, 0.15) is 16.6 Å². The molecule has 0 bridgehead atoms. The number of hydrogen-bond donors (Lipinski definition) is 1. The molecular weight excluding hydrogens is 492 g/mol. The summed E-state index contributed by atoms with van der Waals surface area (Å²) in [5.74, 6) is 0.549. The van der Waals surface area contributed by atoms with Crippen LogP contribution in [0.5, 0.6) is 0 Å². The number of ether oxygens (including phenoxy) is 1. The van der Waals surface area contributed by atoms with Gasteiger partial charge in [-0.2, -0.15) is 0 Å². The molecule has 0 spiro atoms. The lowest BCUT2D eigenvalue weighted by atomic mass is 9.79. The Hall–Kier alpha value is -1.71. The standard InChI is InChI=1S/C24H33ClN4O3S2/c1-23(2,3)32-22(30)29-10-7-15(8-11-29)34(31)16-12-19(25)27-20(13-16)28-21-26-17-6-9-24(4,5)14-18(17)33-21/h12-13,15H,6-11,14H2,1-5H3,(H,26,27,28). The minimum absolute atomic E-state index is 0.0561. The minimum atomic E-state index is -1.26. The first-order valence-corrected chi connectivity index (χ1v) is 14.1. The zero-order valence-corrected chi connectivity index (χ0v) is 22.8. The van der Waals surface area contributed by atoms with Gasteiger partial charge in [-0.25, -0.2) is 14.8 Å². The molecule has 2 aromatic rings. The summed E-state index contributed by atoms with van der Waals surface area (Å²) in [6, 6.07) is 3.46. The number of amides is 1. The Balaban J connectivity index is 1.41. The molecule has 1 atom stereocenters. The second-order valence-corrected chi connectivity index (χ2v) is 14.0. The van der Waals surface area contributed by atoms with Crippen LogP contribution in [0.15, 0.2) is 17.0 Å². The fourth-order valence-electron chi connectivity index (χ4n) is 4.28. The van der Waals surface area contributed by atoms with Gasteiger partial charge in [-0.3, -0.25) is 4.21 Å². The van der Waals surface area contributed by atoms with E-state index in [1.165, 1.54) is 4.88 Å². The van der Waals surface area contributed by atoms with Crippen LogP contribution in [0.4, 0.5) is 15.7 Å². The number of nitrogens with zero attached hydrogens (tertiary/aromatic N) is 3. The quantitative estimate of drug-likeness (QED) is 0.497. The SMILES string of the molecule is CC1(C)CCc2nc(Nc3cc(S(=O)C4CCN(C(=O)OC(C)(C)C)CC4)cc(Cl)n3)sc2C1. The van der Waals surface area contributed by atoms with E-state index in [4.69, 9.17) is 21.3 Å². The second-order valence-electron chi connectivity index (χ2n) is 10.8. The van der Waals surface area contributed by atoms with E-state index in [2.05, 4.69) is 24.1 Å². The molecule has 10 heteroatoms. The van der Waals surface area contributed by atoms with E-state index >= 15 is 0 Å². The third-order valence-corrected chi connectivity index (χ3v) is 9.07. The number of halogens is 1. The van der Waals surface area contributed by atoms with Crippen molar-refractivity contribution in [2.45, 2.75) is 82.5 Å². The maximum atomic E-state index is 13.3. The van der Waals surface area contributed by atoms with Crippen LogP contribution in [0.25, 0.3) is 0 Å². The van der Waals surface area contributed by atoms with E-state index in [1.807, 2.05) is 20.8 Å². The Kier molecular flexibility index (Phi) is 7.27. The highest BCUT2D eigenvalue weighted by Gasteiger charge is 2.31. The molecule has 1 aliphatic carbocycles. The van der Waals surface area contributed by atoms with Gasteiger partial charge in [0, 0.05) is 28.1 Å². The smallest absolute Gasteiger partial charge is 0.410 e. The highest BCUT2D eigenvalue weighted by atomic mass is 35.5.